The Labute approximate surface area is 103 Å². The van der Waals surface area contributed by atoms with E-state index in [4.69, 9.17) is 0 Å². The molecule has 0 unspecified atom stereocenters. The number of hydrogen-bond donors (Lipinski definition) is 3. The Morgan fingerprint density at radius 2 is 2.06 bits per heavy atom. The first-order valence-electron chi connectivity index (χ1n) is 6.06. The minimum absolute atomic E-state index is 0.000257. The number of nitrogens with zero attached hydrogens (tertiary/aromatic N) is 1. The van der Waals surface area contributed by atoms with E-state index < -0.39 is 6.10 Å². The van der Waals surface area contributed by atoms with Gasteiger partial charge < -0.3 is 15.7 Å². The lowest BCUT2D eigenvalue weighted by Gasteiger charge is -2.22. The molecule has 1 heterocycles. The molecule has 0 saturated carbocycles. The molecule has 4 heteroatoms. The van der Waals surface area contributed by atoms with Crippen molar-refractivity contribution in [2.75, 3.05) is 18.4 Å². The van der Waals surface area contributed by atoms with Crippen molar-refractivity contribution in [3.8, 4) is 0 Å². The van der Waals surface area contributed by atoms with Crippen LogP contribution in [-0.4, -0.2) is 28.7 Å². The standard InChI is InChI=1S/C13H23N3O/c1-5-14-12-8-6-7-10(16-12)11(17)9-15-13(2,3)4/h6-8,11,15,17H,5,9H2,1-4H3,(H,14,16)/t11-/m0/s1. The third-order valence-corrected chi connectivity index (χ3v) is 2.30. The molecule has 0 bridgehead atoms. The molecule has 1 aromatic heterocycles. The number of anilines is 1. The summed E-state index contributed by atoms with van der Waals surface area (Å²) in [6.45, 7) is 9.57. The number of aliphatic hydroxyl groups is 1. The van der Waals surface area contributed by atoms with Crippen molar-refractivity contribution in [1.29, 1.82) is 0 Å². The number of nitrogens with one attached hydrogen (secondary N) is 2. The second-order valence-corrected chi connectivity index (χ2v) is 5.12. The summed E-state index contributed by atoms with van der Waals surface area (Å²) in [5, 5.41) is 16.4. The van der Waals surface area contributed by atoms with Crippen molar-refractivity contribution >= 4 is 5.82 Å². The van der Waals surface area contributed by atoms with Gasteiger partial charge in [-0.2, -0.15) is 0 Å². The summed E-state index contributed by atoms with van der Waals surface area (Å²) in [7, 11) is 0. The molecule has 4 nitrogen and oxygen atoms in total. The van der Waals surface area contributed by atoms with Crippen LogP contribution in [0.3, 0.4) is 0 Å². The Morgan fingerprint density at radius 1 is 1.35 bits per heavy atom. The van der Waals surface area contributed by atoms with Crippen molar-refractivity contribution in [1.82, 2.24) is 10.3 Å². The number of rotatable bonds is 5. The second-order valence-electron chi connectivity index (χ2n) is 5.12. The maximum absolute atomic E-state index is 10.0. The van der Waals surface area contributed by atoms with Gasteiger partial charge in [0, 0.05) is 18.6 Å². The number of aromatic nitrogens is 1. The lowest BCUT2D eigenvalue weighted by atomic mass is 10.1. The topological polar surface area (TPSA) is 57.2 Å². The van der Waals surface area contributed by atoms with E-state index >= 15 is 0 Å². The summed E-state index contributed by atoms with van der Waals surface area (Å²) >= 11 is 0. The summed E-state index contributed by atoms with van der Waals surface area (Å²) in [6, 6.07) is 5.65. The summed E-state index contributed by atoms with van der Waals surface area (Å²) in [5.41, 5.74) is 0.695. The first-order chi connectivity index (χ1) is 7.92. The van der Waals surface area contributed by atoms with Crippen molar-refractivity contribution in [3.63, 3.8) is 0 Å². The zero-order valence-electron chi connectivity index (χ0n) is 11.1. The Balaban J connectivity index is 2.62. The highest BCUT2D eigenvalue weighted by molar-refractivity contribution is 5.35. The third-order valence-electron chi connectivity index (χ3n) is 2.30. The average Bonchev–Trinajstić information content (AvgIpc) is 2.26. The van der Waals surface area contributed by atoms with Crippen LogP contribution in [0.1, 0.15) is 39.5 Å². The maximum Gasteiger partial charge on any atom is 0.126 e. The van der Waals surface area contributed by atoms with Crippen LogP contribution in [0.25, 0.3) is 0 Å². The number of aliphatic hydroxyl groups excluding tert-OH is 1. The smallest absolute Gasteiger partial charge is 0.126 e. The molecule has 0 amide bonds. The molecule has 0 aliphatic carbocycles. The third kappa shape index (κ3) is 5.15. The monoisotopic (exact) mass is 237 g/mol. The summed E-state index contributed by atoms with van der Waals surface area (Å²) in [4.78, 5) is 4.36. The van der Waals surface area contributed by atoms with Crippen molar-refractivity contribution in [2.24, 2.45) is 0 Å². The molecule has 0 fully saturated rings. The fraction of sp³-hybridized carbons (Fsp3) is 0.615. The van der Waals surface area contributed by atoms with Gasteiger partial charge in [-0.1, -0.05) is 6.07 Å². The van der Waals surface area contributed by atoms with Crippen molar-refractivity contribution < 1.29 is 5.11 Å². The van der Waals surface area contributed by atoms with Gasteiger partial charge in [0.1, 0.15) is 11.9 Å². The lowest BCUT2D eigenvalue weighted by molar-refractivity contribution is 0.159. The van der Waals surface area contributed by atoms with Gasteiger partial charge in [0.2, 0.25) is 0 Å². The first-order valence-corrected chi connectivity index (χ1v) is 6.06. The molecule has 3 N–H and O–H groups in total. The Morgan fingerprint density at radius 3 is 2.65 bits per heavy atom. The Bertz CT molecular complexity index is 347. The molecule has 0 saturated heterocycles. The van der Waals surface area contributed by atoms with E-state index in [0.717, 1.165) is 12.4 Å². The predicted molar refractivity (Wildman–Crippen MR) is 71.1 cm³/mol. The van der Waals surface area contributed by atoms with Crippen LogP contribution in [0.5, 0.6) is 0 Å². The molecule has 96 valence electrons. The van der Waals surface area contributed by atoms with Crippen molar-refractivity contribution in [2.45, 2.75) is 39.3 Å². The lowest BCUT2D eigenvalue weighted by Crippen LogP contribution is -2.38. The van der Waals surface area contributed by atoms with Gasteiger partial charge in [-0.15, -0.1) is 0 Å². The molecule has 17 heavy (non-hydrogen) atoms. The molecule has 0 spiro atoms. The van der Waals surface area contributed by atoms with E-state index in [-0.39, 0.29) is 5.54 Å². The average molecular weight is 237 g/mol. The van der Waals surface area contributed by atoms with E-state index in [1.54, 1.807) is 0 Å². The zero-order chi connectivity index (χ0) is 12.9. The fourth-order valence-electron chi connectivity index (χ4n) is 1.42. The number of β-amino-alcohol motifs (C(OH)–C–C–N with tert-alkyl or cyclic N) is 1. The highest BCUT2D eigenvalue weighted by Crippen LogP contribution is 2.13. The molecule has 0 aliphatic heterocycles. The molecule has 1 rings (SSSR count). The van der Waals surface area contributed by atoms with Gasteiger partial charge in [0.15, 0.2) is 0 Å². The molecule has 0 aliphatic rings. The van der Waals surface area contributed by atoms with Gasteiger partial charge in [-0.25, -0.2) is 4.98 Å². The Hall–Kier alpha value is -1.13. The maximum atomic E-state index is 10.0. The van der Waals surface area contributed by atoms with Crippen molar-refractivity contribution in [3.05, 3.63) is 23.9 Å². The Kier molecular flexibility index (Phi) is 4.90. The summed E-state index contributed by atoms with van der Waals surface area (Å²) < 4.78 is 0. The van der Waals surface area contributed by atoms with Gasteiger partial charge in [0.25, 0.3) is 0 Å². The largest absolute Gasteiger partial charge is 0.385 e. The predicted octanol–water partition coefficient (Wildman–Crippen LogP) is 1.93. The highest BCUT2D eigenvalue weighted by atomic mass is 16.3. The zero-order valence-corrected chi connectivity index (χ0v) is 11.1. The number of hydrogen-bond acceptors (Lipinski definition) is 4. The SMILES string of the molecule is CCNc1cccc([C@@H](O)CNC(C)(C)C)n1. The fourth-order valence-corrected chi connectivity index (χ4v) is 1.42. The van der Waals surface area contributed by atoms with E-state index in [1.807, 2.05) is 25.1 Å². The van der Waals surface area contributed by atoms with Crippen LogP contribution in [0.2, 0.25) is 0 Å². The highest BCUT2D eigenvalue weighted by Gasteiger charge is 2.14. The van der Waals surface area contributed by atoms with Crippen LogP contribution < -0.4 is 10.6 Å². The molecule has 0 radical (unpaired) electrons. The summed E-state index contributed by atoms with van der Waals surface area (Å²) in [5.74, 6) is 0.805. The number of pyridine rings is 1. The second kappa shape index (κ2) is 5.98. The summed E-state index contributed by atoms with van der Waals surface area (Å²) in [6.07, 6.45) is -0.576. The van der Waals surface area contributed by atoms with Crippen LogP contribution in [0.4, 0.5) is 5.82 Å². The first kappa shape index (κ1) is 13.9. The van der Waals surface area contributed by atoms with Crippen LogP contribution >= 0.6 is 0 Å². The minimum atomic E-state index is -0.576. The molecule has 1 aromatic rings. The van der Waals surface area contributed by atoms with E-state index in [0.29, 0.717) is 12.2 Å². The molecule has 1 atom stereocenters. The van der Waals surface area contributed by atoms with E-state index in [9.17, 15) is 5.11 Å². The molecular weight excluding hydrogens is 214 g/mol. The van der Waals surface area contributed by atoms with Gasteiger partial charge in [0.05, 0.1) is 5.69 Å². The van der Waals surface area contributed by atoms with Gasteiger partial charge in [-0.3, -0.25) is 0 Å². The minimum Gasteiger partial charge on any atom is -0.385 e. The molecule has 0 aromatic carbocycles. The van der Waals surface area contributed by atoms with Crippen LogP contribution in [0, 0.1) is 0 Å². The van der Waals surface area contributed by atoms with E-state index in [1.165, 1.54) is 0 Å². The molecular formula is C13H23N3O. The normalized spacial score (nSPS) is 13.5. The van der Waals surface area contributed by atoms with Crippen LogP contribution in [-0.2, 0) is 0 Å². The van der Waals surface area contributed by atoms with Gasteiger partial charge in [-0.05, 0) is 39.8 Å². The quantitative estimate of drug-likeness (QED) is 0.732. The van der Waals surface area contributed by atoms with Crippen LogP contribution in [0.15, 0.2) is 18.2 Å². The van der Waals surface area contributed by atoms with E-state index in [2.05, 4.69) is 36.4 Å². The van der Waals surface area contributed by atoms with Gasteiger partial charge >= 0.3 is 0 Å².